The number of quaternary nitrogens is 2. The molecule has 1 amide bonds. The Hall–Kier alpha value is -2.89. The molecule has 0 bridgehead atoms. The molecule has 1 atom stereocenters. The highest BCUT2D eigenvalue weighted by Crippen LogP contribution is 2.18. The molecule has 0 unspecified atom stereocenters. The summed E-state index contributed by atoms with van der Waals surface area (Å²) in [7, 11) is 6.38. The molecule has 162 valence electrons. The van der Waals surface area contributed by atoms with E-state index in [4.69, 9.17) is 0 Å². The van der Waals surface area contributed by atoms with E-state index in [2.05, 4.69) is 67.8 Å². The van der Waals surface area contributed by atoms with Crippen molar-refractivity contribution in [2.75, 3.05) is 58.8 Å². The fourth-order valence-electron chi connectivity index (χ4n) is 4.48. The molecule has 3 aromatic rings. The highest BCUT2D eigenvalue weighted by molar-refractivity contribution is 5.98. The van der Waals surface area contributed by atoms with Crippen LogP contribution in [0.2, 0.25) is 0 Å². The second-order valence-electron chi connectivity index (χ2n) is 8.93. The summed E-state index contributed by atoms with van der Waals surface area (Å²) >= 11 is 0. The lowest BCUT2D eigenvalue weighted by atomic mass is 10.0. The summed E-state index contributed by atoms with van der Waals surface area (Å²) in [5, 5.41) is 5.48. The number of hydrogen-bond acceptors (Lipinski definition) is 2. The van der Waals surface area contributed by atoms with Crippen LogP contribution in [0.4, 0.5) is 5.69 Å². The van der Waals surface area contributed by atoms with Crippen molar-refractivity contribution in [3.63, 3.8) is 0 Å². The fourth-order valence-corrected chi connectivity index (χ4v) is 4.48. The predicted octanol–water partition coefficient (Wildman–Crippen LogP) is 0.790. The van der Waals surface area contributed by atoms with Gasteiger partial charge in [-0.1, -0.05) is 42.5 Å². The molecule has 0 saturated carbocycles. The molecule has 5 nitrogen and oxygen atoms in total. The maximum Gasteiger partial charge on any atom is 0.251 e. The van der Waals surface area contributed by atoms with Crippen LogP contribution in [0.1, 0.15) is 22.0 Å². The van der Waals surface area contributed by atoms with Gasteiger partial charge in [-0.2, -0.15) is 0 Å². The maximum absolute atomic E-state index is 13.0. The van der Waals surface area contributed by atoms with Crippen LogP contribution in [-0.2, 0) is 0 Å². The van der Waals surface area contributed by atoms with E-state index in [0.29, 0.717) is 6.54 Å². The van der Waals surface area contributed by atoms with Crippen LogP contribution in [0.15, 0.2) is 66.7 Å². The number of carbonyl (C=O) groups is 1. The summed E-state index contributed by atoms with van der Waals surface area (Å²) in [5.74, 6) is -0.000169. The number of benzene rings is 3. The van der Waals surface area contributed by atoms with Gasteiger partial charge in [-0.25, -0.2) is 0 Å². The van der Waals surface area contributed by atoms with Gasteiger partial charge in [-0.15, -0.1) is 0 Å². The molecule has 0 radical (unpaired) electrons. The summed E-state index contributed by atoms with van der Waals surface area (Å²) in [6.45, 7) is 5.22. The van der Waals surface area contributed by atoms with Gasteiger partial charge in [0.1, 0.15) is 32.2 Å². The standard InChI is InChI=1S/C26H32N4O/c1-28(2)24-12-10-21(11-13-24)25(30-16-14-29(3)15-17-30)19-27-26(31)23-9-8-20-6-4-5-7-22(20)18-23/h4-13,18,25H,14-17,19H2,1-3H3,(H,27,31)/p+2/t25-/m1/s1. The van der Waals surface area contributed by atoms with E-state index in [1.54, 1.807) is 9.80 Å². The summed E-state index contributed by atoms with van der Waals surface area (Å²) in [4.78, 5) is 18.2. The summed E-state index contributed by atoms with van der Waals surface area (Å²) in [6.07, 6.45) is 0. The molecule has 1 fully saturated rings. The van der Waals surface area contributed by atoms with Crippen molar-refractivity contribution in [2.24, 2.45) is 0 Å². The van der Waals surface area contributed by atoms with Crippen LogP contribution in [0.5, 0.6) is 0 Å². The van der Waals surface area contributed by atoms with Gasteiger partial charge >= 0.3 is 0 Å². The summed E-state index contributed by atoms with van der Waals surface area (Å²) < 4.78 is 0. The van der Waals surface area contributed by atoms with Crippen LogP contribution in [0.25, 0.3) is 10.8 Å². The second kappa shape index (κ2) is 9.50. The Morgan fingerprint density at radius 1 is 0.935 bits per heavy atom. The van der Waals surface area contributed by atoms with E-state index in [0.717, 1.165) is 29.4 Å². The normalized spacial score (nSPS) is 19.7. The molecule has 0 aliphatic carbocycles. The SMILES string of the molecule is CN(C)c1ccc([C@@H](CNC(=O)c2ccc3ccccc3c2)[NH+]2CC[NH+](C)CC2)cc1. The summed E-state index contributed by atoms with van der Waals surface area (Å²) in [5.41, 5.74) is 3.21. The van der Waals surface area contributed by atoms with E-state index < -0.39 is 0 Å². The lowest BCUT2D eigenvalue weighted by molar-refractivity contribution is -1.02. The van der Waals surface area contributed by atoms with Crippen molar-refractivity contribution in [2.45, 2.75) is 6.04 Å². The molecule has 3 N–H and O–H groups in total. The molecule has 31 heavy (non-hydrogen) atoms. The Labute approximate surface area is 185 Å². The van der Waals surface area contributed by atoms with Gasteiger partial charge in [-0.05, 0) is 35.0 Å². The molecule has 0 spiro atoms. The minimum absolute atomic E-state index is 0.000169. The lowest BCUT2D eigenvalue weighted by Gasteiger charge is -2.33. The van der Waals surface area contributed by atoms with E-state index in [1.807, 2.05) is 30.3 Å². The monoisotopic (exact) mass is 418 g/mol. The van der Waals surface area contributed by atoms with Crippen molar-refractivity contribution in [3.8, 4) is 0 Å². The van der Waals surface area contributed by atoms with Gasteiger partial charge in [0.15, 0.2) is 0 Å². The number of amides is 1. The number of piperazine rings is 1. The fraction of sp³-hybridized carbons (Fsp3) is 0.346. The third kappa shape index (κ3) is 5.06. The number of anilines is 1. The predicted molar refractivity (Wildman–Crippen MR) is 127 cm³/mol. The van der Waals surface area contributed by atoms with Crippen molar-refractivity contribution in [1.82, 2.24) is 5.32 Å². The van der Waals surface area contributed by atoms with Crippen LogP contribution in [-0.4, -0.2) is 59.8 Å². The molecule has 0 aromatic heterocycles. The molecular weight excluding hydrogens is 384 g/mol. The number of rotatable bonds is 6. The van der Waals surface area contributed by atoms with Crippen LogP contribution in [0, 0.1) is 0 Å². The molecule has 4 rings (SSSR count). The Morgan fingerprint density at radius 2 is 1.61 bits per heavy atom. The highest BCUT2D eigenvalue weighted by atomic mass is 16.1. The average molecular weight is 419 g/mol. The number of nitrogens with zero attached hydrogens (tertiary/aromatic N) is 1. The molecular formula is C26H34N4O+2. The Kier molecular flexibility index (Phi) is 6.54. The Balaban J connectivity index is 1.51. The van der Waals surface area contributed by atoms with E-state index in [1.165, 1.54) is 24.3 Å². The maximum atomic E-state index is 13.0. The Morgan fingerprint density at radius 3 is 2.29 bits per heavy atom. The number of hydrogen-bond donors (Lipinski definition) is 3. The molecule has 1 saturated heterocycles. The lowest BCUT2D eigenvalue weighted by Crippen LogP contribution is -3.27. The number of fused-ring (bicyclic) bond motifs is 1. The largest absolute Gasteiger partial charge is 0.378 e. The van der Waals surface area contributed by atoms with Crippen LogP contribution >= 0.6 is 0 Å². The minimum atomic E-state index is -0.000169. The van der Waals surface area contributed by atoms with Crippen molar-refractivity contribution >= 4 is 22.4 Å². The highest BCUT2D eigenvalue weighted by Gasteiger charge is 2.29. The molecule has 3 aromatic carbocycles. The zero-order valence-corrected chi connectivity index (χ0v) is 18.8. The summed E-state index contributed by atoms with van der Waals surface area (Å²) in [6, 6.07) is 23.1. The third-order valence-electron chi connectivity index (χ3n) is 6.53. The Bertz CT molecular complexity index is 1020. The smallest absolute Gasteiger partial charge is 0.251 e. The van der Waals surface area contributed by atoms with Crippen molar-refractivity contribution in [1.29, 1.82) is 0 Å². The van der Waals surface area contributed by atoms with Gasteiger partial charge in [0.05, 0.1) is 13.6 Å². The quantitative estimate of drug-likeness (QED) is 0.554. The van der Waals surface area contributed by atoms with Gasteiger partial charge in [0.2, 0.25) is 0 Å². The molecule has 5 heteroatoms. The molecule has 1 aliphatic rings. The number of nitrogens with one attached hydrogen (secondary N) is 3. The zero-order chi connectivity index (χ0) is 21.8. The zero-order valence-electron chi connectivity index (χ0n) is 18.8. The van der Waals surface area contributed by atoms with Gasteiger partial charge < -0.3 is 20.0 Å². The van der Waals surface area contributed by atoms with Crippen LogP contribution in [0.3, 0.4) is 0 Å². The van der Waals surface area contributed by atoms with Gasteiger partial charge in [0, 0.05) is 30.9 Å². The van der Waals surface area contributed by atoms with E-state index in [9.17, 15) is 4.79 Å². The number of likely N-dealkylation sites (N-methyl/N-ethyl adjacent to an activating group) is 1. The topological polar surface area (TPSA) is 41.2 Å². The van der Waals surface area contributed by atoms with E-state index >= 15 is 0 Å². The van der Waals surface area contributed by atoms with Gasteiger partial charge in [0.25, 0.3) is 5.91 Å². The molecule has 1 aliphatic heterocycles. The molecule has 1 heterocycles. The average Bonchev–Trinajstić information content (AvgIpc) is 2.80. The van der Waals surface area contributed by atoms with Crippen molar-refractivity contribution < 1.29 is 14.6 Å². The minimum Gasteiger partial charge on any atom is -0.378 e. The first-order chi connectivity index (χ1) is 15.0. The number of carbonyl (C=O) groups excluding carboxylic acids is 1. The van der Waals surface area contributed by atoms with Gasteiger partial charge in [-0.3, -0.25) is 4.79 Å². The first kappa shape index (κ1) is 21.3. The van der Waals surface area contributed by atoms with E-state index in [-0.39, 0.29) is 11.9 Å². The second-order valence-corrected chi connectivity index (χ2v) is 8.93. The van der Waals surface area contributed by atoms with Crippen LogP contribution < -0.4 is 20.0 Å². The third-order valence-corrected chi connectivity index (χ3v) is 6.53. The first-order valence-electron chi connectivity index (χ1n) is 11.2. The van der Waals surface area contributed by atoms with Crippen molar-refractivity contribution in [3.05, 3.63) is 77.9 Å². The first-order valence-corrected chi connectivity index (χ1v) is 11.2.